The summed E-state index contributed by atoms with van der Waals surface area (Å²) in [6.45, 7) is 2.23. The van der Waals surface area contributed by atoms with Crippen LogP contribution in [-0.2, 0) is 16.1 Å². The Morgan fingerprint density at radius 2 is 2.18 bits per heavy atom. The lowest BCUT2D eigenvalue weighted by molar-refractivity contribution is -0.146. The number of rotatable bonds is 3. The van der Waals surface area contributed by atoms with Gasteiger partial charge in [0.1, 0.15) is 5.54 Å². The Labute approximate surface area is 101 Å². The summed E-state index contributed by atoms with van der Waals surface area (Å²) in [5.74, 6) is -0.312. The predicted molar refractivity (Wildman–Crippen MR) is 65.3 cm³/mol. The molecule has 0 spiro atoms. The average molecular weight is 234 g/mol. The lowest BCUT2D eigenvalue weighted by atomic mass is 10.0. The van der Waals surface area contributed by atoms with Crippen LogP contribution in [-0.4, -0.2) is 36.6 Å². The summed E-state index contributed by atoms with van der Waals surface area (Å²) in [6, 6.07) is 10.2. The van der Waals surface area contributed by atoms with Crippen LogP contribution in [0.3, 0.4) is 0 Å². The zero-order chi connectivity index (χ0) is 12.3. The third-order valence-corrected chi connectivity index (χ3v) is 3.22. The maximum Gasteiger partial charge on any atom is 0.327 e. The van der Waals surface area contributed by atoms with Crippen molar-refractivity contribution in [2.75, 3.05) is 20.2 Å². The zero-order valence-corrected chi connectivity index (χ0v) is 10.1. The first-order valence-electron chi connectivity index (χ1n) is 5.78. The fraction of sp³-hybridized carbons (Fsp3) is 0.462. The average Bonchev–Trinajstić information content (AvgIpc) is 2.72. The Balaban J connectivity index is 1.97. The van der Waals surface area contributed by atoms with Gasteiger partial charge in [0.05, 0.1) is 7.11 Å². The molecular formula is C13H18N2O2. The van der Waals surface area contributed by atoms with E-state index >= 15 is 0 Å². The topological polar surface area (TPSA) is 55.6 Å². The van der Waals surface area contributed by atoms with Gasteiger partial charge < -0.3 is 10.5 Å². The van der Waals surface area contributed by atoms with E-state index < -0.39 is 5.54 Å². The van der Waals surface area contributed by atoms with Crippen LogP contribution in [0.25, 0.3) is 0 Å². The number of methoxy groups -OCH3 is 1. The Bertz CT molecular complexity index is 394. The van der Waals surface area contributed by atoms with Gasteiger partial charge >= 0.3 is 5.97 Å². The summed E-state index contributed by atoms with van der Waals surface area (Å²) in [6.07, 6.45) is 0.659. The molecule has 2 rings (SSSR count). The number of hydrogen-bond acceptors (Lipinski definition) is 4. The molecule has 4 heteroatoms. The van der Waals surface area contributed by atoms with Crippen LogP contribution in [0.2, 0.25) is 0 Å². The Kier molecular flexibility index (Phi) is 3.45. The normalized spacial score (nSPS) is 24.8. The van der Waals surface area contributed by atoms with E-state index in [9.17, 15) is 4.79 Å². The van der Waals surface area contributed by atoms with Crippen molar-refractivity contribution < 1.29 is 9.53 Å². The Hall–Kier alpha value is -1.39. The van der Waals surface area contributed by atoms with Gasteiger partial charge in [-0.25, -0.2) is 0 Å². The van der Waals surface area contributed by atoms with E-state index in [1.165, 1.54) is 12.7 Å². The maximum atomic E-state index is 11.6. The molecule has 1 unspecified atom stereocenters. The molecule has 2 N–H and O–H groups in total. The number of carbonyl (C=O) groups is 1. The number of hydrogen-bond donors (Lipinski definition) is 1. The van der Waals surface area contributed by atoms with Crippen molar-refractivity contribution in [2.45, 2.75) is 18.5 Å². The number of esters is 1. The van der Waals surface area contributed by atoms with Gasteiger partial charge in [-0.2, -0.15) is 0 Å². The smallest absolute Gasteiger partial charge is 0.327 e. The minimum Gasteiger partial charge on any atom is -0.468 e. The van der Waals surface area contributed by atoms with Gasteiger partial charge in [-0.15, -0.1) is 0 Å². The number of nitrogens with two attached hydrogens (primary N) is 1. The number of nitrogens with zero attached hydrogens (tertiary/aromatic N) is 1. The molecule has 1 saturated heterocycles. The second kappa shape index (κ2) is 4.85. The van der Waals surface area contributed by atoms with Gasteiger partial charge in [0.2, 0.25) is 0 Å². The lowest BCUT2D eigenvalue weighted by Gasteiger charge is -2.21. The maximum absolute atomic E-state index is 11.6. The summed E-state index contributed by atoms with van der Waals surface area (Å²) >= 11 is 0. The number of ether oxygens (including phenoxy) is 1. The first kappa shape index (κ1) is 12.1. The number of carbonyl (C=O) groups excluding carboxylic acids is 1. The van der Waals surface area contributed by atoms with Crippen molar-refractivity contribution in [1.29, 1.82) is 0 Å². The van der Waals surface area contributed by atoms with Crippen LogP contribution >= 0.6 is 0 Å². The highest BCUT2D eigenvalue weighted by Gasteiger charge is 2.41. The van der Waals surface area contributed by atoms with E-state index in [0.717, 1.165) is 13.1 Å². The van der Waals surface area contributed by atoms with Gasteiger partial charge in [-0.05, 0) is 12.0 Å². The lowest BCUT2D eigenvalue weighted by Crippen LogP contribution is -2.50. The van der Waals surface area contributed by atoms with Crippen LogP contribution in [0.15, 0.2) is 30.3 Å². The molecule has 1 aliphatic rings. The van der Waals surface area contributed by atoms with E-state index in [4.69, 9.17) is 10.5 Å². The summed E-state index contributed by atoms with van der Waals surface area (Å²) in [7, 11) is 1.39. The standard InChI is InChI=1S/C13H18N2O2/c1-17-12(16)13(14)7-8-15(10-13)9-11-5-3-2-4-6-11/h2-6H,7-10,14H2,1H3. The molecule has 0 bridgehead atoms. The summed E-state index contributed by atoms with van der Waals surface area (Å²) < 4.78 is 4.75. The fourth-order valence-electron chi connectivity index (χ4n) is 2.26. The second-order valence-electron chi connectivity index (χ2n) is 4.59. The summed E-state index contributed by atoms with van der Waals surface area (Å²) in [4.78, 5) is 13.7. The van der Waals surface area contributed by atoms with E-state index in [-0.39, 0.29) is 5.97 Å². The number of benzene rings is 1. The van der Waals surface area contributed by atoms with Crippen LogP contribution in [0, 0.1) is 0 Å². The SMILES string of the molecule is COC(=O)C1(N)CCN(Cc2ccccc2)C1. The molecule has 17 heavy (non-hydrogen) atoms. The zero-order valence-electron chi connectivity index (χ0n) is 10.1. The molecule has 0 amide bonds. The predicted octanol–water partition coefficient (Wildman–Crippen LogP) is 0.763. The molecule has 4 nitrogen and oxygen atoms in total. The third-order valence-electron chi connectivity index (χ3n) is 3.22. The molecule has 1 aromatic rings. The highest BCUT2D eigenvalue weighted by molar-refractivity contribution is 5.81. The highest BCUT2D eigenvalue weighted by Crippen LogP contribution is 2.21. The number of likely N-dealkylation sites (tertiary alicyclic amines) is 1. The molecule has 1 fully saturated rings. The molecule has 0 aliphatic carbocycles. The van der Waals surface area contributed by atoms with E-state index in [0.29, 0.717) is 13.0 Å². The minimum absolute atomic E-state index is 0.312. The molecule has 0 saturated carbocycles. The molecule has 92 valence electrons. The van der Waals surface area contributed by atoms with Crippen molar-refractivity contribution in [1.82, 2.24) is 4.90 Å². The van der Waals surface area contributed by atoms with Crippen molar-refractivity contribution >= 4 is 5.97 Å². The summed E-state index contributed by atoms with van der Waals surface area (Å²) in [5, 5.41) is 0. The van der Waals surface area contributed by atoms with Gasteiger partial charge in [-0.1, -0.05) is 30.3 Å². The van der Waals surface area contributed by atoms with E-state index in [1.807, 2.05) is 18.2 Å². The monoisotopic (exact) mass is 234 g/mol. The quantitative estimate of drug-likeness (QED) is 0.785. The van der Waals surface area contributed by atoms with Crippen molar-refractivity contribution in [3.05, 3.63) is 35.9 Å². The van der Waals surface area contributed by atoms with Crippen molar-refractivity contribution in [3.63, 3.8) is 0 Å². The van der Waals surface area contributed by atoms with Crippen molar-refractivity contribution in [2.24, 2.45) is 5.73 Å². The molecule has 1 aliphatic heterocycles. The molecule has 1 atom stereocenters. The van der Waals surface area contributed by atoms with Gasteiger partial charge in [0, 0.05) is 19.6 Å². The second-order valence-corrected chi connectivity index (χ2v) is 4.59. The molecule has 0 radical (unpaired) electrons. The van der Waals surface area contributed by atoms with Gasteiger partial charge in [0.25, 0.3) is 0 Å². The molecule has 0 aromatic heterocycles. The van der Waals surface area contributed by atoms with Crippen LogP contribution < -0.4 is 5.73 Å². The van der Waals surface area contributed by atoms with Gasteiger partial charge in [-0.3, -0.25) is 9.69 Å². The Morgan fingerprint density at radius 3 is 2.82 bits per heavy atom. The summed E-state index contributed by atoms with van der Waals surface area (Å²) in [5.41, 5.74) is 6.45. The van der Waals surface area contributed by atoms with Crippen LogP contribution in [0.5, 0.6) is 0 Å². The largest absolute Gasteiger partial charge is 0.468 e. The minimum atomic E-state index is -0.830. The van der Waals surface area contributed by atoms with Crippen LogP contribution in [0.4, 0.5) is 0 Å². The molecular weight excluding hydrogens is 216 g/mol. The first-order chi connectivity index (χ1) is 8.14. The molecule has 1 aromatic carbocycles. The van der Waals surface area contributed by atoms with Crippen molar-refractivity contribution in [3.8, 4) is 0 Å². The van der Waals surface area contributed by atoms with Crippen LogP contribution in [0.1, 0.15) is 12.0 Å². The third kappa shape index (κ3) is 2.65. The van der Waals surface area contributed by atoms with E-state index in [2.05, 4.69) is 17.0 Å². The highest BCUT2D eigenvalue weighted by atomic mass is 16.5. The fourth-order valence-corrected chi connectivity index (χ4v) is 2.26. The van der Waals surface area contributed by atoms with E-state index in [1.54, 1.807) is 0 Å². The molecule has 1 heterocycles. The first-order valence-corrected chi connectivity index (χ1v) is 5.78. The Morgan fingerprint density at radius 1 is 1.47 bits per heavy atom. The van der Waals surface area contributed by atoms with Gasteiger partial charge in [0.15, 0.2) is 0 Å².